The molecule has 0 aliphatic rings. The normalized spacial score (nSPS) is 11.4. The number of thiazole rings is 1. The van der Waals surface area contributed by atoms with Gasteiger partial charge in [-0.3, -0.25) is 0 Å². The highest BCUT2D eigenvalue weighted by molar-refractivity contribution is 7.21. The Morgan fingerprint density at radius 1 is 0.929 bits per heavy atom. The molecular formula is C22H19N3O2S. The second-order valence-electron chi connectivity index (χ2n) is 6.55. The summed E-state index contributed by atoms with van der Waals surface area (Å²) in [6, 6.07) is 17.0. The Balaban J connectivity index is 1.68. The molecule has 0 radical (unpaired) electrons. The number of hydrogen-bond donors (Lipinski definition) is 1. The van der Waals surface area contributed by atoms with Crippen molar-refractivity contribution in [1.29, 1.82) is 0 Å². The van der Waals surface area contributed by atoms with Gasteiger partial charge in [-0.2, -0.15) is 5.11 Å². The SMILES string of the molecule is COc1cc(-c2nc3ccc(C)cc3s2)ccc1N=Nc1ccc(O)cc1C. The van der Waals surface area contributed by atoms with Crippen molar-refractivity contribution in [3.8, 4) is 22.1 Å². The minimum atomic E-state index is 0.212. The quantitative estimate of drug-likeness (QED) is 0.394. The van der Waals surface area contributed by atoms with Crippen LogP contribution < -0.4 is 4.74 Å². The maximum absolute atomic E-state index is 9.51. The summed E-state index contributed by atoms with van der Waals surface area (Å²) >= 11 is 1.66. The third-order valence-electron chi connectivity index (χ3n) is 4.42. The topological polar surface area (TPSA) is 67.1 Å². The van der Waals surface area contributed by atoms with Crippen molar-refractivity contribution < 1.29 is 9.84 Å². The zero-order valence-electron chi connectivity index (χ0n) is 15.8. The molecule has 3 aromatic carbocycles. The van der Waals surface area contributed by atoms with Gasteiger partial charge < -0.3 is 9.84 Å². The van der Waals surface area contributed by atoms with Crippen LogP contribution in [0.2, 0.25) is 0 Å². The molecule has 28 heavy (non-hydrogen) atoms. The van der Waals surface area contributed by atoms with Gasteiger partial charge in [0.1, 0.15) is 22.2 Å². The minimum Gasteiger partial charge on any atom is -0.508 e. The number of phenolic OH excluding ortho intramolecular Hbond substituents is 1. The Morgan fingerprint density at radius 2 is 1.71 bits per heavy atom. The number of hydrogen-bond acceptors (Lipinski definition) is 6. The van der Waals surface area contributed by atoms with Gasteiger partial charge in [-0.05, 0) is 73.5 Å². The fourth-order valence-electron chi connectivity index (χ4n) is 2.91. The second kappa shape index (κ2) is 7.40. The highest BCUT2D eigenvalue weighted by atomic mass is 32.1. The molecule has 0 bridgehead atoms. The summed E-state index contributed by atoms with van der Waals surface area (Å²) in [5.74, 6) is 0.845. The number of nitrogens with zero attached hydrogens (tertiary/aromatic N) is 3. The lowest BCUT2D eigenvalue weighted by Gasteiger charge is -2.06. The van der Waals surface area contributed by atoms with Crippen molar-refractivity contribution in [1.82, 2.24) is 4.98 Å². The van der Waals surface area contributed by atoms with Crippen LogP contribution in [0, 0.1) is 13.8 Å². The number of rotatable bonds is 4. The molecule has 4 rings (SSSR count). The molecule has 0 saturated carbocycles. The Morgan fingerprint density at radius 3 is 2.50 bits per heavy atom. The third kappa shape index (κ3) is 3.59. The number of benzene rings is 3. The number of aryl methyl sites for hydroxylation is 2. The molecule has 0 spiro atoms. The fraction of sp³-hybridized carbons (Fsp3) is 0.136. The monoisotopic (exact) mass is 389 g/mol. The van der Waals surface area contributed by atoms with Gasteiger partial charge in [-0.1, -0.05) is 6.07 Å². The average molecular weight is 389 g/mol. The lowest BCUT2D eigenvalue weighted by Crippen LogP contribution is -1.85. The summed E-state index contributed by atoms with van der Waals surface area (Å²) in [7, 11) is 1.62. The molecule has 1 aromatic heterocycles. The molecule has 0 amide bonds. The summed E-state index contributed by atoms with van der Waals surface area (Å²) < 4.78 is 6.69. The number of phenols is 1. The van der Waals surface area contributed by atoms with Crippen LogP contribution >= 0.6 is 11.3 Å². The fourth-order valence-corrected chi connectivity index (χ4v) is 3.97. The zero-order valence-corrected chi connectivity index (χ0v) is 16.6. The smallest absolute Gasteiger partial charge is 0.147 e. The maximum atomic E-state index is 9.51. The van der Waals surface area contributed by atoms with Crippen molar-refractivity contribution in [3.63, 3.8) is 0 Å². The van der Waals surface area contributed by atoms with Crippen molar-refractivity contribution >= 4 is 32.9 Å². The number of fused-ring (bicyclic) bond motifs is 1. The number of aromatic hydroxyl groups is 1. The number of aromatic nitrogens is 1. The molecule has 0 unspecified atom stereocenters. The first-order valence-corrected chi connectivity index (χ1v) is 9.62. The predicted octanol–water partition coefficient (Wildman–Crippen LogP) is 6.71. The van der Waals surface area contributed by atoms with E-state index in [-0.39, 0.29) is 5.75 Å². The molecular weight excluding hydrogens is 370 g/mol. The van der Waals surface area contributed by atoms with Gasteiger partial charge in [-0.15, -0.1) is 16.5 Å². The van der Waals surface area contributed by atoms with E-state index < -0.39 is 0 Å². The van der Waals surface area contributed by atoms with Crippen molar-refractivity contribution in [2.45, 2.75) is 13.8 Å². The molecule has 6 heteroatoms. The average Bonchev–Trinajstić information content (AvgIpc) is 3.10. The first-order chi connectivity index (χ1) is 13.5. The number of ether oxygens (including phenoxy) is 1. The van der Waals surface area contributed by atoms with E-state index in [1.165, 1.54) is 10.3 Å². The molecule has 1 N–H and O–H groups in total. The van der Waals surface area contributed by atoms with Crippen LogP contribution in [0.4, 0.5) is 11.4 Å². The van der Waals surface area contributed by atoms with Crippen molar-refractivity contribution in [2.24, 2.45) is 10.2 Å². The Labute approximate surface area is 167 Å². The number of azo groups is 1. The van der Waals surface area contributed by atoms with Crippen LogP contribution in [-0.4, -0.2) is 17.2 Å². The largest absolute Gasteiger partial charge is 0.508 e. The van der Waals surface area contributed by atoms with E-state index in [1.807, 2.05) is 31.2 Å². The standard InChI is InChI=1S/C22H19N3O2S/c1-13-4-7-19-21(10-13)28-22(23-19)15-5-8-18(20(12-15)27-3)25-24-17-9-6-16(26)11-14(17)2/h4-12,26H,1-3H3. The lowest BCUT2D eigenvalue weighted by atomic mass is 10.2. The van der Waals surface area contributed by atoms with E-state index >= 15 is 0 Å². The van der Waals surface area contributed by atoms with E-state index in [4.69, 9.17) is 9.72 Å². The first-order valence-electron chi connectivity index (χ1n) is 8.80. The van der Waals surface area contributed by atoms with Gasteiger partial charge in [0.25, 0.3) is 0 Å². The molecule has 5 nitrogen and oxygen atoms in total. The molecule has 1 heterocycles. The Hall–Kier alpha value is -3.25. The van der Waals surface area contributed by atoms with Crippen LogP contribution in [0.5, 0.6) is 11.5 Å². The molecule has 0 aliphatic heterocycles. The maximum Gasteiger partial charge on any atom is 0.147 e. The van der Waals surface area contributed by atoms with E-state index in [2.05, 4.69) is 29.3 Å². The van der Waals surface area contributed by atoms with E-state index in [0.29, 0.717) is 17.1 Å². The first kappa shape index (κ1) is 18.1. The number of methoxy groups -OCH3 is 1. The van der Waals surface area contributed by atoms with Gasteiger partial charge in [0.2, 0.25) is 0 Å². The van der Waals surface area contributed by atoms with Crippen LogP contribution in [0.25, 0.3) is 20.8 Å². The molecule has 4 aromatic rings. The third-order valence-corrected chi connectivity index (χ3v) is 5.48. The van der Waals surface area contributed by atoms with Crippen LogP contribution in [0.15, 0.2) is 64.8 Å². The molecule has 0 aliphatic carbocycles. The van der Waals surface area contributed by atoms with Crippen molar-refractivity contribution in [3.05, 3.63) is 65.7 Å². The van der Waals surface area contributed by atoms with Gasteiger partial charge in [0.05, 0.1) is 23.0 Å². The van der Waals surface area contributed by atoms with Crippen LogP contribution in [-0.2, 0) is 0 Å². The molecule has 0 fully saturated rings. The summed E-state index contributed by atoms with van der Waals surface area (Å²) in [4.78, 5) is 4.73. The molecule has 0 atom stereocenters. The van der Waals surface area contributed by atoms with E-state index in [0.717, 1.165) is 21.7 Å². The molecule has 140 valence electrons. The summed E-state index contributed by atoms with van der Waals surface area (Å²) in [6.45, 7) is 3.96. The van der Waals surface area contributed by atoms with Gasteiger partial charge in [-0.25, -0.2) is 4.98 Å². The summed E-state index contributed by atoms with van der Waals surface area (Å²) in [6.07, 6.45) is 0. The highest BCUT2D eigenvalue weighted by Gasteiger charge is 2.10. The summed E-state index contributed by atoms with van der Waals surface area (Å²) in [5.41, 5.74) is 5.39. The van der Waals surface area contributed by atoms with Crippen LogP contribution in [0.1, 0.15) is 11.1 Å². The van der Waals surface area contributed by atoms with Crippen LogP contribution in [0.3, 0.4) is 0 Å². The summed E-state index contributed by atoms with van der Waals surface area (Å²) in [5, 5.41) is 19.1. The zero-order chi connectivity index (χ0) is 19.7. The van der Waals surface area contributed by atoms with Gasteiger partial charge in [0, 0.05) is 5.56 Å². The Kier molecular flexibility index (Phi) is 4.79. The predicted molar refractivity (Wildman–Crippen MR) is 113 cm³/mol. The van der Waals surface area contributed by atoms with E-state index in [9.17, 15) is 5.11 Å². The van der Waals surface area contributed by atoms with Gasteiger partial charge in [0.15, 0.2) is 0 Å². The second-order valence-corrected chi connectivity index (χ2v) is 7.58. The van der Waals surface area contributed by atoms with E-state index in [1.54, 1.807) is 36.6 Å². The highest BCUT2D eigenvalue weighted by Crippen LogP contribution is 2.37. The minimum absolute atomic E-state index is 0.212. The van der Waals surface area contributed by atoms with Gasteiger partial charge >= 0.3 is 0 Å². The van der Waals surface area contributed by atoms with Crippen molar-refractivity contribution in [2.75, 3.05) is 7.11 Å². The lowest BCUT2D eigenvalue weighted by molar-refractivity contribution is 0.416. The molecule has 0 saturated heterocycles. The Bertz CT molecular complexity index is 1200.